The van der Waals surface area contributed by atoms with Gasteiger partial charge >= 0.3 is 0 Å². The van der Waals surface area contributed by atoms with Gasteiger partial charge in [-0.05, 0) is 30.7 Å². The van der Waals surface area contributed by atoms with Crippen molar-refractivity contribution < 1.29 is 4.74 Å². The number of nitrogens with zero attached hydrogens (tertiary/aromatic N) is 1. The number of aryl methyl sites for hydroxylation is 1. The molecule has 21 heavy (non-hydrogen) atoms. The lowest BCUT2D eigenvalue weighted by Crippen LogP contribution is -2.42. The number of morpholine rings is 1. The second kappa shape index (κ2) is 7.22. The molecule has 0 amide bonds. The molecule has 0 spiro atoms. The minimum Gasteiger partial charge on any atom is -0.379 e. The lowest BCUT2D eigenvalue weighted by molar-refractivity contribution is 0.0168. The van der Waals surface area contributed by atoms with Gasteiger partial charge in [-0.2, -0.15) is 0 Å². The van der Waals surface area contributed by atoms with E-state index in [9.17, 15) is 0 Å². The first kappa shape index (κ1) is 14.8. The molecule has 0 aliphatic carbocycles. The fourth-order valence-electron chi connectivity index (χ4n) is 2.75. The Balaban J connectivity index is 1.63. The molecule has 5 heteroatoms. The van der Waals surface area contributed by atoms with Crippen LogP contribution in [-0.2, 0) is 11.3 Å². The van der Waals surface area contributed by atoms with E-state index in [0.29, 0.717) is 6.04 Å². The molecule has 0 radical (unpaired) electrons. The minimum absolute atomic E-state index is 0.451. The highest BCUT2D eigenvalue weighted by molar-refractivity contribution is 7.12. The normalized spacial score (nSPS) is 18.0. The van der Waals surface area contributed by atoms with Gasteiger partial charge in [0.1, 0.15) is 0 Å². The predicted octanol–water partition coefficient (Wildman–Crippen LogP) is 2.55. The monoisotopic (exact) mass is 305 g/mol. The number of hydrogen-bond donors (Lipinski definition) is 2. The Hall–Kier alpha value is -1.14. The van der Waals surface area contributed by atoms with E-state index >= 15 is 0 Å². The SMILES string of the molecule is Cc1ccc(C(CNCc2cc[nH]c2)N2CCOCC2)s1. The first-order chi connectivity index (χ1) is 10.3. The Morgan fingerprint density at radius 2 is 2.19 bits per heavy atom. The van der Waals surface area contributed by atoms with E-state index in [0.717, 1.165) is 39.4 Å². The van der Waals surface area contributed by atoms with Crippen molar-refractivity contribution in [3.8, 4) is 0 Å². The maximum Gasteiger partial charge on any atom is 0.0594 e. The van der Waals surface area contributed by atoms with Crippen molar-refractivity contribution in [3.63, 3.8) is 0 Å². The largest absolute Gasteiger partial charge is 0.379 e. The summed E-state index contributed by atoms with van der Waals surface area (Å²) >= 11 is 1.91. The van der Waals surface area contributed by atoms with Crippen LogP contribution in [0.5, 0.6) is 0 Å². The molecule has 2 aromatic rings. The fraction of sp³-hybridized carbons (Fsp3) is 0.500. The van der Waals surface area contributed by atoms with Gasteiger partial charge in [0, 0.05) is 48.3 Å². The highest BCUT2D eigenvalue weighted by Gasteiger charge is 2.23. The zero-order chi connectivity index (χ0) is 14.5. The molecular weight excluding hydrogens is 282 g/mol. The summed E-state index contributed by atoms with van der Waals surface area (Å²) in [6.45, 7) is 7.80. The highest BCUT2D eigenvalue weighted by atomic mass is 32.1. The summed E-state index contributed by atoms with van der Waals surface area (Å²) in [4.78, 5) is 8.48. The summed E-state index contributed by atoms with van der Waals surface area (Å²) < 4.78 is 5.49. The van der Waals surface area contributed by atoms with Crippen LogP contribution in [-0.4, -0.2) is 42.7 Å². The average molecular weight is 305 g/mol. The van der Waals surface area contributed by atoms with E-state index in [-0.39, 0.29) is 0 Å². The minimum atomic E-state index is 0.451. The summed E-state index contributed by atoms with van der Waals surface area (Å²) in [5.74, 6) is 0. The number of hydrogen-bond acceptors (Lipinski definition) is 4. The summed E-state index contributed by atoms with van der Waals surface area (Å²) in [7, 11) is 0. The van der Waals surface area contributed by atoms with Gasteiger partial charge < -0.3 is 15.0 Å². The van der Waals surface area contributed by atoms with Gasteiger partial charge in [0.05, 0.1) is 19.3 Å². The Morgan fingerprint density at radius 3 is 2.86 bits per heavy atom. The standard InChI is InChI=1S/C16H23N3OS/c1-13-2-3-16(21-13)15(19-6-8-20-9-7-19)12-18-11-14-4-5-17-10-14/h2-5,10,15,17-18H,6-9,11-12H2,1H3. The molecular formula is C16H23N3OS. The maximum atomic E-state index is 5.49. The van der Waals surface area contributed by atoms with Crippen LogP contribution in [0.15, 0.2) is 30.6 Å². The third-order valence-corrected chi connectivity index (χ3v) is 5.01. The first-order valence-electron chi connectivity index (χ1n) is 7.53. The number of aromatic amines is 1. The zero-order valence-corrected chi connectivity index (χ0v) is 13.3. The van der Waals surface area contributed by atoms with Gasteiger partial charge in [0.25, 0.3) is 0 Å². The van der Waals surface area contributed by atoms with Gasteiger partial charge in [-0.1, -0.05) is 0 Å². The molecule has 1 aliphatic rings. The van der Waals surface area contributed by atoms with Crippen LogP contribution in [0.25, 0.3) is 0 Å². The number of ether oxygens (including phenoxy) is 1. The van der Waals surface area contributed by atoms with Crippen LogP contribution in [0.2, 0.25) is 0 Å². The number of nitrogens with one attached hydrogen (secondary N) is 2. The third-order valence-electron chi connectivity index (χ3n) is 3.91. The van der Waals surface area contributed by atoms with Gasteiger partial charge in [-0.3, -0.25) is 4.90 Å². The number of aromatic nitrogens is 1. The third kappa shape index (κ3) is 3.95. The summed E-state index contributed by atoms with van der Waals surface area (Å²) in [6, 6.07) is 7.07. The highest BCUT2D eigenvalue weighted by Crippen LogP contribution is 2.27. The lowest BCUT2D eigenvalue weighted by Gasteiger charge is -2.34. The second-order valence-electron chi connectivity index (χ2n) is 5.46. The average Bonchev–Trinajstić information content (AvgIpc) is 3.16. The van der Waals surface area contributed by atoms with Crippen LogP contribution < -0.4 is 5.32 Å². The van der Waals surface area contributed by atoms with Crippen LogP contribution in [0.4, 0.5) is 0 Å². The molecule has 2 aromatic heterocycles. The van der Waals surface area contributed by atoms with Gasteiger partial charge in [0.15, 0.2) is 0 Å². The molecule has 1 aliphatic heterocycles. The van der Waals surface area contributed by atoms with E-state index in [2.05, 4.69) is 40.3 Å². The molecule has 1 unspecified atom stereocenters. The summed E-state index contributed by atoms with van der Waals surface area (Å²) in [5.41, 5.74) is 1.30. The molecule has 1 atom stereocenters. The first-order valence-corrected chi connectivity index (χ1v) is 8.35. The number of rotatable bonds is 6. The molecule has 2 N–H and O–H groups in total. The van der Waals surface area contributed by atoms with E-state index in [1.54, 1.807) is 0 Å². The van der Waals surface area contributed by atoms with Gasteiger partial charge in [-0.25, -0.2) is 0 Å². The van der Waals surface area contributed by atoms with Crippen LogP contribution in [0.3, 0.4) is 0 Å². The maximum absolute atomic E-state index is 5.49. The van der Waals surface area contributed by atoms with Crippen LogP contribution in [0.1, 0.15) is 21.4 Å². The Kier molecular flexibility index (Phi) is 5.08. The van der Waals surface area contributed by atoms with Crippen molar-refractivity contribution >= 4 is 11.3 Å². The number of H-pyrrole nitrogens is 1. The second-order valence-corrected chi connectivity index (χ2v) is 6.78. The van der Waals surface area contributed by atoms with Crippen molar-refractivity contribution in [3.05, 3.63) is 45.9 Å². The van der Waals surface area contributed by atoms with E-state index < -0.39 is 0 Å². The van der Waals surface area contributed by atoms with E-state index in [1.807, 2.05) is 23.7 Å². The molecule has 0 bridgehead atoms. The molecule has 0 saturated carbocycles. The van der Waals surface area contributed by atoms with E-state index in [1.165, 1.54) is 15.3 Å². The predicted molar refractivity (Wildman–Crippen MR) is 86.7 cm³/mol. The Bertz CT molecular complexity index is 531. The Labute approximate surface area is 130 Å². The van der Waals surface area contributed by atoms with Crippen molar-refractivity contribution in [2.75, 3.05) is 32.8 Å². The topological polar surface area (TPSA) is 40.3 Å². The fourth-order valence-corrected chi connectivity index (χ4v) is 3.77. The van der Waals surface area contributed by atoms with Gasteiger partial charge in [0.2, 0.25) is 0 Å². The number of thiophene rings is 1. The van der Waals surface area contributed by atoms with Crippen LogP contribution in [0, 0.1) is 6.92 Å². The lowest BCUT2D eigenvalue weighted by atomic mass is 10.2. The summed E-state index contributed by atoms with van der Waals surface area (Å²) in [6.07, 6.45) is 4.02. The molecule has 0 aromatic carbocycles. The van der Waals surface area contributed by atoms with Crippen molar-refractivity contribution in [2.45, 2.75) is 19.5 Å². The molecule has 1 saturated heterocycles. The van der Waals surface area contributed by atoms with Crippen molar-refractivity contribution in [1.29, 1.82) is 0 Å². The smallest absolute Gasteiger partial charge is 0.0594 e. The van der Waals surface area contributed by atoms with Crippen LogP contribution >= 0.6 is 11.3 Å². The van der Waals surface area contributed by atoms with E-state index in [4.69, 9.17) is 4.74 Å². The Morgan fingerprint density at radius 1 is 1.33 bits per heavy atom. The molecule has 1 fully saturated rings. The zero-order valence-electron chi connectivity index (χ0n) is 12.5. The molecule has 3 heterocycles. The summed E-state index contributed by atoms with van der Waals surface area (Å²) in [5, 5.41) is 3.60. The molecule has 4 nitrogen and oxygen atoms in total. The quantitative estimate of drug-likeness (QED) is 0.861. The molecule has 3 rings (SSSR count). The van der Waals surface area contributed by atoms with Crippen molar-refractivity contribution in [1.82, 2.24) is 15.2 Å². The molecule has 114 valence electrons. The van der Waals surface area contributed by atoms with Crippen molar-refractivity contribution in [2.24, 2.45) is 0 Å². The van der Waals surface area contributed by atoms with Gasteiger partial charge in [-0.15, -0.1) is 11.3 Å².